The molecule has 1 aromatic carbocycles. The van der Waals surface area contributed by atoms with Crippen molar-refractivity contribution >= 4 is 47.2 Å². The predicted molar refractivity (Wildman–Crippen MR) is 195 cm³/mol. The van der Waals surface area contributed by atoms with Crippen LogP contribution in [0.15, 0.2) is 30.4 Å². The van der Waals surface area contributed by atoms with Crippen molar-refractivity contribution in [2.24, 2.45) is 11.7 Å². The lowest BCUT2D eigenvalue weighted by atomic mass is 9.84. The SMILES string of the molecule is CC.CCC.CN(Cc1cc(NC(=O)[C@H](CCCNC(N)=O)NC(=O)CNC(=O)CCOCCN2C(=O)C=CC2=O)ccc1CO)C(=O)C1CCC1. The molecule has 0 saturated heterocycles. The summed E-state index contributed by atoms with van der Waals surface area (Å²) in [6.07, 6.45) is 6.69. The van der Waals surface area contributed by atoms with Crippen LogP contribution >= 0.6 is 0 Å². The van der Waals surface area contributed by atoms with Crippen molar-refractivity contribution in [2.45, 2.75) is 91.8 Å². The van der Waals surface area contributed by atoms with Crippen LogP contribution in [-0.2, 0) is 46.7 Å². The molecule has 16 nitrogen and oxygen atoms in total. The average molecular weight is 732 g/mol. The van der Waals surface area contributed by atoms with Crippen molar-refractivity contribution < 1.29 is 43.4 Å². The largest absolute Gasteiger partial charge is 0.392 e. The van der Waals surface area contributed by atoms with Gasteiger partial charge in [0, 0.05) is 50.3 Å². The number of nitrogens with zero attached hydrogens (tertiary/aromatic N) is 2. The zero-order valence-corrected chi connectivity index (χ0v) is 31.1. The highest BCUT2D eigenvalue weighted by atomic mass is 16.5. The van der Waals surface area contributed by atoms with Crippen molar-refractivity contribution in [3.05, 3.63) is 41.5 Å². The summed E-state index contributed by atoms with van der Waals surface area (Å²) in [6.45, 7) is 8.09. The van der Waals surface area contributed by atoms with Crippen molar-refractivity contribution in [1.29, 1.82) is 0 Å². The predicted octanol–water partition coefficient (Wildman–Crippen LogP) is 1.70. The van der Waals surface area contributed by atoms with Gasteiger partial charge < -0.3 is 41.7 Å². The molecule has 290 valence electrons. The number of anilines is 1. The molecule has 1 fully saturated rings. The van der Waals surface area contributed by atoms with Gasteiger partial charge in [0.05, 0.1) is 32.9 Å². The van der Waals surface area contributed by atoms with Gasteiger partial charge in [-0.1, -0.05) is 46.6 Å². The minimum atomic E-state index is -1.04. The molecule has 8 amide bonds. The second-order valence-corrected chi connectivity index (χ2v) is 12.0. The number of hydrogen-bond donors (Lipinski definition) is 6. The molecule has 1 heterocycles. The first-order valence-corrected chi connectivity index (χ1v) is 17.9. The highest BCUT2D eigenvalue weighted by Crippen LogP contribution is 2.29. The van der Waals surface area contributed by atoms with Gasteiger partial charge >= 0.3 is 6.03 Å². The molecular weight excluding hydrogens is 674 g/mol. The van der Waals surface area contributed by atoms with E-state index in [2.05, 4.69) is 35.1 Å². The first kappa shape index (κ1) is 45.2. The van der Waals surface area contributed by atoms with Gasteiger partial charge in [-0.3, -0.25) is 33.7 Å². The first-order valence-electron chi connectivity index (χ1n) is 17.9. The van der Waals surface area contributed by atoms with E-state index >= 15 is 0 Å². The van der Waals surface area contributed by atoms with Gasteiger partial charge in [-0.25, -0.2) is 4.79 Å². The maximum absolute atomic E-state index is 13.3. The number of ether oxygens (including phenoxy) is 1. The number of carbonyl (C=O) groups is 7. The van der Waals surface area contributed by atoms with E-state index in [1.807, 2.05) is 13.8 Å². The number of nitrogens with one attached hydrogen (secondary N) is 4. The van der Waals surface area contributed by atoms with Gasteiger partial charge in [-0.05, 0) is 48.9 Å². The Labute approximate surface area is 306 Å². The Balaban J connectivity index is 0.00000256. The molecule has 52 heavy (non-hydrogen) atoms. The average Bonchev–Trinajstić information content (AvgIpc) is 3.41. The minimum Gasteiger partial charge on any atom is -0.392 e. The molecule has 1 aliphatic heterocycles. The summed E-state index contributed by atoms with van der Waals surface area (Å²) in [5.41, 5.74) is 6.77. The fourth-order valence-corrected chi connectivity index (χ4v) is 4.91. The van der Waals surface area contributed by atoms with Crippen LogP contribution in [0, 0.1) is 5.92 Å². The van der Waals surface area contributed by atoms with E-state index in [1.165, 1.54) is 18.6 Å². The van der Waals surface area contributed by atoms with Crippen LogP contribution in [0.4, 0.5) is 10.5 Å². The van der Waals surface area contributed by atoms with Gasteiger partial charge in [-0.15, -0.1) is 0 Å². The Kier molecular flexibility index (Phi) is 21.9. The van der Waals surface area contributed by atoms with E-state index in [-0.39, 0.29) is 64.1 Å². The van der Waals surface area contributed by atoms with E-state index in [9.17, 15) is 38.7 Å². The van der Waals surface area contributed by atoms with E-state index in [1.54, 1.807) is 30.1 Å². The van der Waals surface area contributed by atoms with Gasteiger partial charge in [-0.2, -0.15) is 0 Å². The van der Waals surface area contributed by atoms with E-state index in [4.69, 9.17) is 10.5 Å². The smallest absolute Gasteiger partial charge is 0.312 e. The molecule has 0 spiro atoms. The number of hydrogen-bond acceptors (Lipinski definition) is 9. The molecule has 1 aliphatic carbocycles. The number of aliphatic hydroxyl groups excluding tert-OH is 1. The molecule has 0 bridgehead atoms. The van der Waals surface area contributed by atoms with Crippen molar-refractivity contribution in [2.75, 3.05) is 45.2 Å². The van der Waals surface area contributed by atoms with Crippen LogP contribution in [0.2, 0.25) is 0 Å². The van der Waals surface area contributed by atoms with E-state index in [0.29, 0.717) is 23.2 Å². The topological polar surface area (TPSA) is 230 Å². The number of rotatable bonds is 19. The lowest BCUT2D eigenvalue weighted by molar-refractivity contribution is -0.138. The zero-order valence-electron chi connectivity index (χ0n) is 31.1. The fraction of sp³-hybridized carbons (Fsp3) is 0.583. The molecule has 2 aliphatic rings. The third-order valence-electron chi connectivity index (χ3n) is 7.78. The van der Waals surface area contributed by atoms with Crippen molar-refractivity contribution in [1.82, 2.24) is 25.8 Å². The number of amides is 8. The number of urea groups is 1. The summed E-state index contributed by atoms with van der Waals surface area (Å²) in [5, 5.41) is 20.1. The minimum absolute atomic E-state index is 0.00338. The van der Waals surface area contributed by atoms with Crippen LogP contribution in [0.3, 0.4) is 0 Å². The molecule has 7 N–H and O–H groups in total. The molecule has 1 atom stereocenters. The summed E-state index contributed by atoms with van der Waals surface area (Å²) in [7, 11) is 1.70. The second kappa shape index (κ2) is 25.2. The van der Waals surface area contributed by atoms with Crippen LogP contribution in [0.1, 0.15) is 83.8 Å². The van der Waals surface area contributed by atoms with Crippen LogP contribution < -0.4 is 27.0 Å². The number of imide groups is 1. The van der Waals surface area contributed by atoms with Crippen LogP contribution in [0.5, 0.6) is 0 Å². The van der Waals surface area contributed by atoms with Gasteiger partial charge in [0.15, 0.2) is 0 Å². The quantitative estimate of drug-likeness (QED) is 0.0897. The number of aliphatic hydroxyl groups is 1. The molecule has 0 radical (unpaired) electrons. The molecular formula is C36H57N7O9. The Morgan fingerprint density at radius 1 is 1.00 bits per heavy atom. The Hall–Kier alpha value is -4.83. The lowest BCUT2D eigenvalue weighted by Crippen LogP contribution is -2.47. The summed E-state index contributed by atoms with van der Waals surface area (Å²) in [5.74, 6) is -2.48. The highest BCUT2D eigenvalue weighted by Gasteiger charge is 2.28. The Bertz CT molecular complexity index is 1360. The van der Waals surface area contributed by atoms with Gasteiger partial charge in [0.2, 0.25) is 23.6 Å². The molecule has 3 rings (SSSR count). The number of nitrogens with two attached hydrogens (primary N) is 1. The lowest BCUT2D eigenvalue weighted by Gasteiger charge is -2.29. The summed E-state index contributed by atoms with van der Waals surface area (Å²) < 4.78 is 5.31. The Morgan fingerprint density at radius 2 is 1.65 bits per heavy atom. The molecule has 16 heteroatoms. The Morgan fingerprint density at radius 3 is 2.23 bits per heavy atom. The summed E-state index contributed by atoms with van der Waals surface area (Å²) in [4.78, 5) is 87.5. The number of primary amides is 1. The number of carbonyl (C=O) groups excluding carboxylic acids is 7. The maximum atomic E-state index is 13.3. The molecule has 1 aromatic rings. The van der Waals surface area contributed by atoms with Crippen LogP contribution in [-0.4, -0.2) is 102 Å². The second-order valence-electron chi connectivity index (χ2n) is 12.0. The monoisotopic (exact) mass is 731 g/mol. The van der Waals surface area contributed by atoms with Crippen LogP contribution in [0.25, 0.3) is 0 Å². The summed E-state index contributed by atoms with van der Waals surface area (Å²) in [6, 6.07) is 3.16. The highest BCUT2D eigenvalue weighted by molar-refractivity contribution is 6.12. The summed E-state index contributed by atoms with van der Waals surface area (Å²) >= 11 is 0. The standard InChI is InChI=1S/C31H43N7O9.C3H8.C2H6/c1-37(30(45)20-4-2-5-20)18-22-16-23(8-7-21(22)19-39)35-29(44)24(6-3-12-33-31(32)46)36-26(41)17-34-25(40)11-14-47-15-13-38-27(42)9-10-28(38)43;1-3-2;1-2/h7-10,16,20,24,39H,2-6,11-15,17-19H2,1H3,(H,34,40)(H,35,44)(H,36,41)(H3,32,33,46);3H2,1-2H3;1-2H3/t24-;;/m0../s1. The number of benzene rings is 1. The first-order chi connectivity index (χ1) is 24.9. The maximum Gasteiger partial charge on any atom is 0.312 e. The van der Waals surface area contributed by atoms with E-state index in [0.717, 1.165) is 24.2 Å². The van der Waals surface area contributed by atoms with Crippen molar-refractivity contribution in [3.8, 4) is 0 Å². The molecule has 0 unspecified atom stereocenters. The van der Waals surface area contributed by atoms with Gasteiger partial charge in [0.1, 0.15) is 6.04 Å². The molecule has 0 aromatic heterocycles. The molecule has 1 saturated carbocycles. The van der Waals surface area contributed by atoms with Crippen molar-refractivity contribution in [3.63, 3.8) is 0 Å². The fourth-order valence-electron chi connectivity index (χ4n) is 4.91. The van der Waals surface area contributed by atoms with E-state index < -0.39 is 48.2 Å². The normalized spacial score (nSPS) is 13.8. The third kappa shape index (κ3) is 16.5. The third-order valence-corrected chi connectivity index (χ3v) is 7.78. The van der Waals surface area contributed by atoms with Gasteiger partial charge in [0.25, 0.3) is 11.8 Å². The zero-order chi connectivity index (χ0) is 39.1.